The van der Waals surface area contributed by atoms with Gasteiger partial charge in [0.15, 0.2) is 5.82 Å². The molecule has 0 fully saturated rings. The van der Waals surface area contributed by atoms with Crippen LogP contribution in [0.2, 0.25) is 0 Å². The lowest BCUT2D eigenvalue weighted by molar-refractivity contribution is 0.395. The second-order valence-corrected chi connectivity index (χ2v) is 4.00. The van der Waals surface area contributed by atoms with Gasteiger partial charge in [-0.3, -0.25) is 0 Å². The fourth-order valence-electron chi connectivity index (χ4n) is 1.78. The van der Waals surface area contributed by atoms with Crippen molar-refractivity contribution < 1.29 is 4.74 Å². The first-order valence-corrected chi connectivity index (χ1v) is 5.92. The molecule has 2 aromatic rings. The molecule has 0 radical (unpaired) electrons. The van der Waals surface area contributed by atoms with Crippen LogP contribution in [0.25, 0.3) is 0 Å². The first kappa shape index (κ1) is 12.3. The van der Waals surface area contributed by atoms with Gasteiger partial charge in [-0.2, -0.15) is 0 Å². The molecule has 2 N–H and O–H groups in total. The maximum Gasteiger partial charge on any atom is 0.213 e. The highest BCUT2D eigenvalue weighted by Gasteiger charge is 2.10. The molecular weight excluding hydrogens is 230 g/mol. The van der Waals surface area contributed by atoms with Crippen molar-refractivity contribution in [1.82, 2.24) is 20.0 Å². The van der Waals surface area contributed by atoms with Crippen LogP contribution in [0.3, 0.4) is 0 Å². The van der Waals surface area contributed by atoms with Gasteiger partial charge in [0, 0.05) is 6.07 Å². The number of nitrogen functional groups attached to an aromatic ring is 1. The largest absolute Gasteiger partial charge is 0.481 e. The van der Waals surface area contributed by atoms with Crippen LogP contribution < -0.4 is 10.5 Å². The van der Waals surface area contributed by atoms with E-state index in [0.717, 1.165) is 24.2 Å². The minimum atomic E-state index is 0.500. The lowest BCUT2D eigenvalue weighted by Gasteiger charge is -2.06. The van der Waals surface area contributed by atoms with E-state index in [1.807, 2.05) is 18.2 Å². The van der Waals surface area contributed by atoms with Gasteiger partial charge in [0.05, 0.1) is 25.0 Å². The highest BCUT2D eigenvalue weighted by molar-refractivity contribution is 5.33. The van der Waals surface area contributed by atoms with Crippen LogP contribution in [0.1, 0.15) is 24.7 Å². The van der Waals surface area contributed by atoms with E-state index in [4.69, 9.17) is 10.5 Å². The fourth-order valence-corrected chi connectivity index (χ4v) is 1.78. The highest BCUT2D eigenvalue weighted by atomic mass is 16.5. The predicted molar refractivity (Wildman–Crippen MR) is 68.3 cm³/mol. The zero-order valence-electron chi connectivity index (χ0n) is 10.6. The first-order valence-electron chi connectivity index (χ1n) is 5.92. The summed E-state index contributed by atoms with van der Waals surface area (Å²) in [4.78, 5) is 4.35. The lowest BCUT2D eigenvalue weighted by Crippen LogP contribution is -2.09. The van der Waals surface area contributed by atoms with Gasteiger partial charge in [0.1, 0.15) is 0 Å². The lowest BCUT2D eigenvalue weighted by atomic mass is 10.2. The summed E-state index contributed by atoms with van der Waals surface area (Å²) in [6.07, 6.45) is 1.87. The van der Waals surface area contributed by atoms with Crippen LogP contribution in [-0.2, 0) is 13.0 Å². The smallest absolute Gasteiger partial charge is 0.213 e. The Hall–Kier alpha value is -2.11. The van der Waals surface area contributed by atoms with Gasteiger partial charge in [0.2, 0.25) is 5.88 Å². The van der Waals surface area contributed by atoms with Crippen molar-refractivity contribution in [3.8, 4) is 5.88 Å². The Kier molecular flexibility index (Phi) is 3.76. The molecule has 0 aromatic carbocycles. The maximum absolute atomic E-state index is 5.80. The van der Waals surface area contributed by atoms with Gasteiger partial charge in [-0.25, -0.2) is 9.67 Å². The van der Waals surface area contributed by atoms with Gasteiger partial charge >= 0.3 is 0 Å². The number of hydrogen-bond acceptors (Lipinski definition) is 5. The number of hydrogen-bond donors (Lipinski definition) is 1. The van der Waals surface area contributed by atoms with E-state index in [-0.39, 0.29) is 0 Å². The Labute approximate surface area is 106 Å². The Bertz CT molecular complexity index is 523. The summed E-state index contributed by atoms with van der Waals surface area (Å²) in [6.45, 7) is 2.65. The molecule has 96 valence electrons. The van der Waals surface area contributed by atoms with E-state index in [1.165, 1.54) is 0 Å². The summed E-state index contributed by atoms with van der Waals surface area (Å²) >= 11 is 0. The number of methoxy groups -OCH3 is 1. The number of pyridine rings is 1. The Morgan fingerprint density at radius 2 is 2.22 bits per heavy atom. The molecule has 18 heavy (non-hydrogen) atoms. The molecule has 0 saturated carbocycles. The summed E-state index contributed by atoms with van der Waals surface area (Å²) < 4.78 is 6.89. The summed E-state index contributed by atoms with van der Waals surface area (Å²) in [5, 5.41) is 7.95. The molecule has 0 aliphatic heterocycles. The third-order valence-electron chi connectivity index (χ3n) is 2.66. The highest BCUT2D eigenvalue weighted by Crippen LogP contribution is 2.13. The standard InChI is InChI=1S/C12H17N5O/c1-3-5-10-12(13)15-16-17(10)8-9-6-4-7-11(14-9)18-2/h4,6-7H,3,5,8,13H2,1-2H3. The van der Waals surface area contributed by atoms with Crippen molar-refractivity contribution >= 4 is 5.82 Å². The Balaban J connectivity index is 2.22. The molecule has 0 atom stereocenters. The number of aromatic nitrogens is 4. The maximum atomic E-state index is 5.80. The molecule has 0 aliphatic carbocycles. The third-order valence-corrected chi connectivity index (χ3v) is 2.66. The molecule has 0 amide bonds. The number of anilines is 1. The van der Waals surface area contributed by atoms with Crippen molar-refractivity contribution in [2.24, 2.45) is 0 Å². The fraction of sp³-hybridized carbons (Fsp3) is 0.417. The van der Waals surface area contributed by atoms with E-state index in [9.17, 15) is 0 Å². The minimum Gasteiger partial charge on any atom is -0.481 e. The van der Waals surface area contributed by atoms with Gasteiger partial charge in [-0.15, -0.1) is 5.10 Å². The zero-order chi connectivity index (χ0) is 13.0. The summed E-state index contributed by atoms with van der Waals surface area (Å²) in [5.74, 6) is 1.09. The van der Waals surface area contributed by atoms with Gasteiger partial charge < -0.3 is 10.5 Å². The monoisotopic (exact) mass is 247 g/mol. The van der Waals surface area contributed by atoms with Crippen molar-refractivity contribution in [1.29, 1.82) is 0 Å². The molecule has 0 bridgehead atoms. The zero-order valence-corrected chi connectivity index (χ0v) is 10.6. The molecule has 0 saturated heterocycles. The summed E-state index contributed by atoms with van der Waals surface area (Å²) in [6, 6.07) is 5.64. The van der Waals surface area contributed by atoms with E-state index >= 15 is 0 Å². The second-order valence-electron chi connectivity index (χ2n) is 4.00. The molecule has 0 unspecified atom stereocenters. The molecule has 6 nitrogen and oxygen atoms in total. The van der Waals surface area contributed by atoms with Crippen LogP contribution in [0.15, 0.2) is 18.2 Å². The first-order chi connectivity index (χ1) is 8.74. The molecule has 2 rings (SSSR count). The summed E-state index contributed by atoms with van der Waals surface area (Å²) in [7, 11) is 1.60. The van der Waals surface area contributed by atoms with E-state index in [1.54, 1.807) is 11.8 Å². The van der Waals surface area contributed by atoms with Crippen LogP contribution in [0.5, 0.6) is 5.88 Å². The third kappa shape index (κ3) is 2.58. The van der Waals surface area contributed by atoms with Crippen molar-refractivity contribution in [3.05, 3.63) is 29.6 Å². The normalized spacial score (nSPS) is 10.6. The van der Waals surface area contributed by atoms with Gasteiger partial charge in [0.25, 0.3) is 0 Å². The Morgan fingerprint density at radius 1 is 1.39 bits per heavy atom. The van der Waals surface area contributed by atoms with Crippen molar-refractivity contribution in [2.45, 2.75) is 26.3 Å². The molecule has 6 heteroatoms. The SMILES string of the molecule is CCCc1c(N)nnn1Cc1cccc(OC)n1. The van der Waals surface area contributed by atoms with Crippen LogP contribution in [-0.4, -0.2) is 27.1 Å². The molecule has 0 aliphatic rings. The van der Waals surface area contributed by atoms with E-state index < -0.39 is 0 Å². The van der Waals surface area contributed by atoms with E-state index in [2.05, 4.69) is 22.2 Å². The van der Waals surface area contributed by atoms with Crippen LogP contribution in [0.4, 0.5) is 5.82 Å². The van der Waals surface area contributed by atoms with Gasteiger partial charge in [-0.1, -0.05) is 24.6 Å². The van der Waals surface area contributed by atoms with Crippen LogP contribution in [0, 0.1) is 0 Å². The Morgan fingerprint density at radius 3 is 2.94 bits per heavy atom. The van der Waals surface area contributed by atoms with Gasteiger partial charge in [-0.05, 0) is 12.5 Å². The average Bonchev–Trinajstić information content (AvgIpc) is 2.72. The van der Waals surface area contributed by atoms with Crippen molar-refractivity contribution in [3.63, 3.8) is 0 Å². The molecule has 2 heterocycles. The number of rotatable bonds is 5. The molecule has 2 aromatic heterocycles. The molecular formula is C12H17N5O. The minimum absolute atomic E-state index is 0.500. The number of nitrogens with two attached hydrogens (primary N) is 1. The predicted octanol–water partition coefficient (Wildman–Crippen LogP) is 1.26. The number of ether oxygens (including phenoxy) is 1. The average molecular weight is 247 g/mol. The second kappa shape index (κ2) is 5.48. The van der Waals surface area contributed by atoms with Crippen LogP contribution >= 0.6 is 0 Å². The van der Waals surface area contributed by atoms with E-state index in [0.29, 0.717) is 18.2 Å². The summed E-state index contributed by atoms with van der Waals surface area (Å²) in [5.41, 5.74) is 7.63. The topological polar surface area (TPSA) is 78.8 Å². The molecule has 0 spiro atoms. The quantitative estimate of drug-likeness (QED) is 0.860. The number of nitrogens with zero attached hydrogens (tertiary/aromatic N) is 4. The van der Waals surface area contributed by atoms with Crippen molar-refractivity contribution in [2.75, 3.05) is 12.8 Å².